The molecule has 0 saturated heterocycles. The zero-order chi connectivity index (χ0) is 14.0. The van der Waals surface area contributed by atoms with E-state index >= 15 is 0 Å². The molecule has 1 unspecified atom stereocenters. The summed E-state index contributed by atoms with van der Waals surface area (Å²) >= 11 is 6.30. The normalized spacial score (nSPS) is 12.5. The van der Waals surface area contributed by atoms with Gasteiger partial charge in [0.1, 0.15) is 11.6 Å². The summed E-state index contributed by atoms with van der Waals surface area (Å²) in [6.45, 7) is 0. The van der Waals surface area contributed by atoms with Gasteiger partial charge in [-0.1, -0.05) is 28.1 Å². The molecule has 0 fully saturated rings. The third-order valence-electron chi connectivity index (χ3n) is 2.73. The van der Waals surface area contributed by atoms with Gasteiger partial charge in [0.15, 0.2) is 0 Å². The fraction of sp³-hybridized carbons (Fsp3) is 0.143. The molecule has 0 aromatic heterocycles. The van der Waals surface area contributed by atoms with Crippen molar-refractivity contribution in [1.82, 2.24) is 0 Å². The number of hydrogen-bond donors (Lipinski definition) is 1. The second kappa shape index (κ2) is 6.11. The molecule has 1 N–H and O–H groups in total. The van der Waals surface area contributed by atoms with E-state index in [4.69, 9.17) is 0 Å². The van der Waals surface area contributed by atoms with Crippen LogP contribution in [-0.4, -0.2) is 5.11 Å². The van der Waals surface area contributed by atoms with Crippen molar-refractivity contribution in [1.29, 1.82) is 0 Å². The van der Waals surface area contributed by atoms with Gasteiger partial charge in [-0.25, -0.2) is 8.78 Å². The minimum absolute atomic E-state index is 0.136. The number of halogens is 4. The zero-order valence-electron chi connectivity index (χ0n) is 9.71. The van der Waals surface area contributed by atoms with Gasteiger partial charge in [-0.3, -0.25) is 0 Å². The van der Waals surface area contributed by atoms with E-state index in [0.29, 0.717) is 0 Å². The average molecular weight is 392 g/mol. The molecule has 0 amide bonds. The first kappa shape index (κ1) is 14.6. The minimum Gasteiger partial charge on any atom is -0.388 e. The molecule has 2 rings (SSSR count). The molecule has 0 bridgehead atoms. The summed E-state index contributed by atoms with van der Waals surface area (Å²) in [6, 6.07) is 9.65. The van der Waals surface area contributed by atoms with Crippen LogP contribution in [0.1, 0.15) is 17.2 Å². The fourth-order valence-corrected chi connectivity index (χ4v) is 2.63. The Kier molecular flexibility index (Phi) is 4.71. The lowest BCUT2D eigenvalue weighted by Crippen LogP contribution is -2.08. The minimum atomic E-state index is -1.23. The molecule has 0 saturated carbocycles. The zero-order valence-corrected chi connectivity index (χ0v) is 12.9. The monoisotopic (exact) mass is 390 g/mol. The van der Waals surface area contributed by atoms with Gasteiger partial charge >= 0.3 is 0 Å². The van der Waals surface area contributed by atoms with E-state index < -0.39 is 17.7 Å². The van der Waals surface area contributed by atoms with Crippen LogP contribution in [0.2, 0.25) is 0 Å². The molecule has 0 radical (unpaired) electrons. The van der Waals surface area contributed by atoms with Crippen molar-refractivity contribution >= 4 is 31.9 Å². The third kappa shape index (κ3) is 3.41. The summed E-state index contributed by atoms with van der Waals surface area (Å²) in [6.07, 6.45) is -1.09. The van der Waals surface area contributed by atoms with Crippen LogP contribution in [0.3, 0.4) is 0 Å². The van der Waals surface area contributed by atoms with Crippen molar-refractivity contribution in [2.24, 2.45) is 0 Å². The van der Waals surface area contributed by atoms with E-state index in [-0.39, 0.29) is 16.5 Å². The quantitative estimate of drug-likeness (QED) is 0.747. The maximum absolute atomic E-state index is 13.8. The van der Waals surface area contributed by atoms with E-state index in [1.54, 1.807) is 18.2 Å². The van der Waals surface area contributed by atoms with Crippen molar-refractivity contribution in [2.75, 3.05) is 0 Å². The highest BCUT2D eigenvalue weighted by Crippen LogP contribution is 2.29. The van der Waals surface area contributed by atoms with Crippen LogP contribution < -0.4 is 0 Å². The average Bonchev–Trinajstić information content (AvgIpc) is 2.34. The largest absolute Gasteiger partial charge is 0.388 e. The van der Waals surface area contributed by atoms with Crippen molar-refractivity contribution in [2.45, 2.75) is 12.5 Å². The predicted octanol–water partition coefficient (Wildman–Crippen LogP) is 4.77. The SMILES string of the molecule is OC(Cc1cccc(Br)c1)c1c(F)ccc(Br)c1F. The molecule has 0 aliphatic rings. The Morgan fingerprint density at radius 3 is 2.53 bits per heavy atom. The molecule has 1 atom stereocenters. The highest BCUT2D eigenvalue weighted by Gasteiger charge is 2.20. The lowest BCUT2D eigenvalue weighted by atomic mass is 10.0. The van der Waals surface area contributed by atoms with Crippen molar-refractivity contribution in [3.05, 3.63) is 68.1 Å². The van der Waals surface area contributed by atoms with Crippen LogP contribution in [0.5, 0.6) is 0 Å². The number of benzene rings is 2. The van der Waals surface area contributed by atoms with Crippen LogP contribution in [0.4, 0.5) is 8.78 Å². The van der Waals surface area contributed by atoms with E-state index in [1.807, 2.05) is 6.07 Å². The Balaban J connectivity index is 2.30. The van der Waals surface area contributed by atoms with Gasteiger partial charge in [-0.15, -0.1) is 0 Å². The molecular weight excluding hydrogens is 382 g/mol. The molecule has 0 heterocycles. The van der Waals surface area contributed by atoms with Crippen LogP contribution in [0.25, 0.3) is 0 Å². The van der Waals surface area contributed by atoms with Crippen LogP contribution in [-0.2, 0) is 6.42 Å². The van der Waals surface area contributed by atoms with Crippen LogP contribution >= 0.6 is 31.9 Å². The van der Waals surface area contributed by atoms with Crippen molar-refractivity contribution in [3.63, 3.8) is 0 Å². The summed E-state index contributed by atoms with van der Waals surface area (Å²) in [5.41, 5.74) is 0.481. The van der Waals surface area contributed by atoms with Gasteiger partial charge in [0.2, 0.25) is 0 Å². The first-order valence-electron chi connectivity index (χ1n) is 5.55. The summed E-state index contributed by atoms with van der Waals surface area (Å²) < 4.78 is 28.5. The number of aliphatic hydroxyl groups excluding tert-OH is 1. The van der Waals surface area contributed by atoms with E-state index in [9.17, 15) is 13.9 Å². The lowest BCUT2D eigenvalue weighted by molar-refractivity contribution is 0.168. The molecule has 5 heteroatoms. The van der Waals surface area contributed by atoms with Gasteiger partial charge < -0.3 is 5.11 Å². The predicted molar refractivity (Wildman–Crippen MR) is 76.9 cm³/mol. The summed E-state index contributed by atoms with van der Waals surface area (Å²) in [7, 11) is 0. The molecule has 1 nitrogen and oxygen atoms in total. The third-order valence-corrected chi connectivity index (χ3v) is 3.84. The molecule has 0 spiro atoms. The molecule has 100 valence electrons. The van der Waals surface area contributed by atoms with Crippen LogP contribution in [0, 0.1) is 11.6 Å². The molecule has 0 aliphatic carbocycles. The standard InChI is InChI=1S/C14H10Br2F2O/c15-9-3-1-2-8(6-9)7-12(19)13-11(17)5-4-10(16)14(13)18/h1-6,12,19H,7H2. The number of rotatable bonds is 3. The van der Waals surface area contributed by atoms with Crippen molar-refractivity contribution in [3.8, 4) is 0 Å². The fourth-order valence-electron chi connectivity index (χ4n) is 1.84. The highest BCUT2D eigenvalue weighted by molar-refractivity contribution is 9.10. The summed E-state index contributed by atoms with van der Waals surface area (Å²) in [5.74, 6) is -1.51. The van der Waals surface area contributed by atoms with E-state index in [2.05, 4.69) is 31.9 Å². The topological polar surface area (TPSA) is 20.2 Å². The lowest BCUT2D eigenvalue weighted by Gasteiger charge is -2.14. The molecule has 2 aromatic carbocycles. The Labute approximate surface area is 126 Å². The maximum atomic E-state index is 13.8. The van der Waals surface area contributed by atoms with Gasteiger partial charge in [0, 0.05) is 10.9 Å². The maximum Gasteiger partial charge on any atom is 0.146 e. The number of aliphatic hydroxyl groups is 1. The second-order valence-corrected chi connectivity index (χ2v) is 5.88. The smallest absolute Gasteiger partial charge is 0.146 e. The summed E-state index contributed by atoms with van der Waals surface area (Å²) in [4.78, 5) is 0. The first-order valence-corrected chi connectivity index (χ1v) is 7.13. The molecule has 0 aliphatic heterocycles. The van der Waals surface area contributed by atoms with Crippen molar-refractivity contribution < 1.29 is 13.9 Å². The van der Waals surface area contributed by atoms with E-state index in [1.165, 1.54) is 6.07 Å². The Morgan fingerprint density at radius 2 is 1.84 bits per heavy atom. The van der Waals surface area contributed by atoms with Gasteiger partial charge in [-0.05, 0) is 45.8 Å². The van der Waals surface area contributed by atoms with E-state index in [0.717, 1.165) is 16.1 Å². The van der Waals surface area contributed by atoms with Crippen LogP contribution in [0.15, 0.2) is 45.3 Å². The molecule has 19 heavy (non-hydrogen) atoms. The van der Waals surface area contributed by atoms with Gasteiger partial charge in [0.05, 0.1) is 16.1 Å². The molecule has 2 aromatic rings. The number of hydrogen-bond acceptors (Lipinski definition) is 1. The highest BCUT2D eigenvalue weighted by atomic mass is 79.9. The Morgan fingerprint density at radius 1 is 1.11 bits per heavy atom. The first-order chi connectivity index (χ1) is 8.99. The van der Waals surface area contributed by atoms with Gasteiger partial charge in [-0.2, -0.15) is 0 Å². The molecular formula is C14H10Br2F2O. The summed E-state index contributed by atoms with van der Waals surface area (Å²) in [5, 5.41) is 10.0. The second-order valence-electron chi connectivity index (χ2n) is 4.11. The Hall–Kier alpha value is -0.780. The Bertz CT molecular complexity index is 602. The van der Waals surface area contributed by atoms with Gasteiger partial charge in [0.25, 0.3) is 0 Å².